The second-order valence-corrected chi connectivity index (χ2v) is 5.72. The lowest BCUT2D eigenvalue weighted by molar-refractivity contribution is 0.774. The fourth-order valence-electron chi connectivity index (χ4n) is 2.33. The molecule has 0 radical (unpaired) electrons. The van der Waals surface area contributed by atoms with E-state index in [1.54, 1.807) is 23.0 Å². The molecule has 0 aliphatic carbocycles. The van der Waals surface area contributed by atoms with Crippen LogP contribution in [0.1, 0.15) is 17.1 Å². The minimum Gasteiger partial charge on any atom is -0.339 e. The van der Waals surface area contributed by atoms with Crippen LogP contribution >= 0.6 is 11.6 Å². The lowest BCUT2D eigenvalue weighted by Gasteiger charge is -2.11. The van der Waals surface area contributed by atoms with Crippen molar-refractivity contribution in [3.8, 4) is 5.82 Å². The Kier molecular flexibility index (Phi) is 4.52. The zero-order valence-electron chi connectivity index (χ0n) is 13.2. The van der Waals surface area contributed by atoms with Gasteiger partial charge in [-0.15, -0.1) is 0 Å². The van der Waals surface area contributed by atoms with Crippen LogP contribution in [0.4, 0.5) is 11.5 Å². The Labute approximate surface area is 143 Å². The second kappa shape index (κ2) is 6.76. The molecule has 0 amide bonds. The summed E-state index contributed by atoms with van der Waals surface area (Å²) in [6.07, 6.45) is 1.56. The zero-order chi connectivity index (χ0) is 17.1. The zero-order valence-corrected chi connectivity index (χ0v) is 13.9. The van der Waals surface area contributed by atoms with Gasteiger partial charge in [-0.25, -0.2) is 9.67 Å². The highest BCUT2D eigenvalue weighted by atomic mass is 35.5. The Morgan fingerprint density at radius 1 is 1.25 bits per heavy atom. The summed E-state index contributed by atoms with van der Waals surface area (Å²) in [6.45, 7) is 3.74. The molecule has 2 heterocycles. The molecule has 0 bridgehead atoms. The molecular formula is C16H15ClN6O. The molecule has 122 valence electrons. The predicted octanol–water partition coefficient (Wildman–Crippen LogP) is 3.94. The highest BCUT2D eigenvalue weighted by molar-refractivity contribution is 6.30. The van der Waals surface area contributed by atoms with Crippen LogP contribution in [0.5, 0.6) is 0 Å². The Hall–Kier alpha value is -2.80. The van der Waals surface area contributed by atoms with Crippen LogP contribution in [0.15, 0.2) is 41.7 Å². The maximum atomic E-state index is 10.7. The molecule has 0 spiro atoms. The number of benzene rings is 1. The van der Waals surface area contributed by atoms with Crippen LogP contribution in [-0.4, -0.2) is 19.7 Å². The first kappa shape index (κ1) is 16.1. The van der Waals surface area contributed by atoms with Gasteiger partial charge in [-0.3, -0.25) is 4.98 Å². The molecule has 0 aliphatic rings. The van der Waals surface area contributed by atoms with Crippen molar-refractivity contribution in [2.75, 3.05) is 5.32 Å². The minimum absolute atomic E-state index is 0.0676. The predicted molar refractivity (Wildman–Crippen MR) is 92.9 cm³/mol. The topological polar surface area (TPSA) is 85.1 Å². The van der Waals surface area contributed by atoms with Gasteiger partial charge in [0, 0.05) is 16.4 Å². The molecule has 0 fully saturated rings. The summed E-state index contributed by atoms with van der Waals surface area (Å²) in [7, 11) is 0. The van der Waals surface area contributed by atoms with Gasteiger partial charge >= 0.3 is 0 Å². The second-order valence-electron chi connectivity index (χ2n) is 5.28. The van der Waals surface area contributed by atoms with Gasteiger partial charge in [0.25, 0.3) is 0 Å². The lowest BCUT2D eigenvalue weighted by Crippen LogP contribution is -2.09. The maximum Gasteiger partial charge on any atom is 0.179 e. The number of aryl methyl sites for hydroxylation is 2. The van der Waals surface area contributed by atoms with E-state index in [2.05, 4.69) is 25.6 Å². The average molecular weight is 343 g/mol. The van der Waals surface area contributed by atoms with Crippen LogP contribution in [0, 0.1) is 18.8 Å². The third-order valence-corrected chi connectivity index (χ3v) is 3.62. The summed E-state index contributed by atoms with van der Waals surface area (Å²) < 4.78 is 1.66. The monoisotopic (exact) mass is 342 g/mol. The number of hydrogen-bond acceptors (Lipinski definition) is 6. The van der Waals surface area contributed by atoms with Gasteiger partial charge in [-0.2, -0.15) is 10.0 Å². The first-order chi connectivity index (χ1) is 11.6. The van der Waals surface area contributed by atoms with Crippen LogP contribution in [-0.2, 0) is 6.54 Å². The normalized spacial score (nSPS) is 10.6. The van der Waals surface area contributed by atoms with Crippen LogP contribution in [0.3, 0.4) is 0 Å². The first-order valence-corrected chi connectivity index (χ1v) is 7.66. The largest absolute Gasteiger partial charge is 0.339 e. The van der Waals surface area contributed by atoms with Crippen LogP contribution in [0.25, 0.3) is 5.82 Å². The summed E-state index contributed by atoms with van der Waals surface area (Å²) in [4.78, 5) is 19.5. The van der Waals surface area contributed by atoms with Crippen molar-refractivity contribution in [3.63, 3.8) is 0 Å². The molecule has 24 heavy (non-hydrogen) atoms. The molecule has 8 heteroatoms. The molecule has 0 atom stereocenters. The van der Waals surface area contributed by atoms with E-state index in [4.69, 9.17) is 11.6 Å². The van der Waals surface area contributed by atoms with E-state index in [1.807, 2.05) is 32.0 Å². The molecule has 3 rings (SSSR count). The summed E-state index contributed by atoms with van der Waals surface area (Å²) in [6, 6.07) is 9.18. The van der Waals surface area contributed by atoms with E-state index in [-0.39, 0.29) is 6.54 Å². The fraction of sp³-hybridized carbons (Fsp3) is 0.188. The number of aromatic nitrogens is 4. The van der Waals surface area contributed by atoms with Gasteiger partial charge in [0.05, 0.1) is 11.9 Å². The number of hydrogen-bond donors (Lipinski definition) is 1. The summed E-state index contributed by atoms with van der Waals surface area (Å²) >= 11 is 5.89. The van der Waals surface area contributed by atoms with Gasteiger partial charge in [-0.1, -0.05) is 16.8 Å². The number of anilines is 2. The van der Waals surface area contributed by atoms with Crippen LogP contribution in [0.2, 0.25) is 5.02 Å². The first-order valence-electron chi connectivity index (χ1n) is 7.28. The van der Waals surface area contributed by atoms with Crippen molar-refractivity contribution < 1.29 is 0 Å². The Balaban J connectivity index is 2.00. The molecule has 1 N–H and O–H groups in total. The smallest absolute Gasteiger partial charge is 0.179 e. The Bertz CT molecular complexity index is 875. The third-order valence-electron chi connectivity index (χ3n) is 3.37. The van der Waals surface area contributed by atoms with E-state index in [0.29, 0.717) is 22.4 Å². The van der Waals surface area contributed by atoms with E-state index in [0.717, 1.165) is 17.1 Å². The highest BCUT2D eigenvalue weighted by Gasteiger charge is 2.14. The third kappa shape index (κ3) is 3.41. The van der Waals surface area contributed by atoms with Gasteiger partial charge < -0.3 is 5.32 Å². The quantitative estimate of drug-likeness (QED) is 0.710. The number of nitroso groups, excluding NO2 is 1. The molecule has 0 unspecified atom stereocenters. The highest BCUT2D eigenvalue weighted by Crippen LogP contribution is 2.20. The summed E-state index contributed by atoms with van der Waals surface area (Å²) in [5, 5.41) is 11.1. The van der Waals surface area contributed by atoms with E-state index in [1.165, 1.54) is 0 Å². The van der Waals surface area contributed by atoms with Gasteiger partial charge in [0.2, 0.25) is 0 Å². The fourth-order valence-corrected chi connectivity index (χ4v) is 2.46. The lowest BCUT2D eigenvalue weighted by atomic mass is 10.3. The van der Waals surface area contributed by atoms with Crippen LogP contribution < -0.4 is 5.32 Å². The van der Waals surface area contributed by atoms with E-state index < -0.39 is 0 Å². The van der Waals surface area contributed by atoms with Gasteiger partial charge in [0.1, 0.15) is 12.2 Å². The molecule has 1 aromatic carbocycles. The molecule has 3 aromatic rings. The molecule has 7 nitrogen and oxygen atoms in total. The SMILES string of the molecule is Cc1cc(C)n(-c2nc(Nc3ccc(Cl)cc3)cnc2CN=O)n1. The van der Waals surface area contributed by atoms with Gasteiger partial charge in [0.15, 0.2) is 11.6 Å². The molecule has 0 saturated heterocycles. The van der Waals surface area contributed by atoms with Crippen molar-refractivity contribution in [1.29, 1.82) is 0 Å². The van der Waals surface area contributed by atoms with Gasteiger partial charge in [-0.05, 0) is 44.2 Å². The van der Waals surface area contributed by atoms with Crippen molar-refractivity contribution in [2.45, 2.75) is 20.4 Å². The summed E-state index contributed by atoms with van der Waals surface area (Å²) in [5.41, 5.74) is 3.06. The molecule has 2 aromatic heterocycles. The van der Waals surface area contributed by atoms with Crippen molar-refractivity contribution >= 4 is 23.1 Å². The molecule has 0 aliphatic heterocycles. The van der Waals surface area contributed by atoms with E-state index >= 15 is 0 Å². The standard InChI is InChI=1S/C16H15ClN6O/c1-10-7-11(2)23(22-10)16-14(8-19-24)18-9-15(21-16)20-13-5-3-12(17)4-6-13/h3-7,9H,8H2,1-2H3,(H,20,21). The minimum atomic E-state index is -0.0676. The number of nitrogens with zero attached hydrogens (tertiary/aromatic N) is 5. The van der Waals surface area contributed by atoms with E-state index in [9.17, 15) is 4.91 Å². The van der Waals surface area contributed by atoms with Crippen molar-refractivity contribution in [3.05, 3.63) is 63.5 Å². The maximum absolute atomic E-state index is 10.7. The Morgan fingerprint density at radius 3 is 2.62 bits per heavy atom. The molecular weight excluding hydrogens is 328 g/mol. The number of rotatable bonds is 5. The summed E-state index contributed by atoms with van der Waals surface area (Å²) in [5.74, 6) is 1.02. The van der Waals surface area contributed by atoms with Crippen molar-refractivity contribution in [1.82, 2.24) is 19.7 Å². The number of nitrogens with one attached hydrogen (secondary N) is 1. The molecule has 0 saturated carbocycles. The van der Waals surface area contributed by atoms with Crippen molar-refractivity contribution in [2.24, 2.45) is 5.18 Å². The average Bonchev–Trinajstić information content (AvgIpc) is 2.90. The number of halogens is 1. The Morgan fingerprint density at radius 2 is 2.00 bits per heavy atom.